The van der Waals surface area contributed by atoms with Crippen molar-refractivity contribution in [2.75, 3.05) is 0 Å². The highest BCUT2D eigenvalue weighted by molar-refractivity contribution is 5.98. The number of aliphatic carboxylic acids is 1. The minimum atomic E-state index is -1.62. The summed E-state index contributed by atoms with van der Waals surface area (Å²) < 4.78 is 0. The highest BCUT2D eigenvalue weighted by Crippen LogP contribution is 2.12. The fourth-order valence-electron chi connectivity index (χ4n) is 5.70. The number of allylic oxidation sites excluding steroid dienone is 3. The van der Waals surface area contributed by atoms with Crippen molar-refractivity contribution in [1.82, 2.24) is 37.2 Å². The average Bonchev–Trinajstić information content (AvgIpc) is 3.16. The number of carboxylic acids is 1. The number of carbonyl (C=O) groups is 8. The molecule has 7 atom stereocenters. The third kappa shape index (κ3) is 18.1. The van der Waals surface area contributed by atoms with Crippen molar-refractivity contribution >= 4 is 47.3 Å². The van der Waals surface area contributed by atoms with Crippen LogP contribution >= 0.6 is 0 Å². The molecule has 0 unspecified atom stereocenters. The molecule has 326 valence electrons. The van der Waals surface area contributed by atoms with Gasteiger partial charge >= 0.3 is 5.97 Å². The summed E-state index contributed by atoms with van der Waals surface area (Å²) >= 11 is 0. The largest absolute Gasteiger partial charge is 0.477 e. The van der Waals surface area contributed by atoms with Gasteiger partial charge in [-0.3, -0.25) is 33.6 Å². The van der Waals surface area contributed by atoms with E-state index in [1.165, 1.54) is 26.8 Å². The second kappa shape index (κ2) is 25.5. The molecule has 0 aliphatic rings. The molecule has 0 saturated heterocycles. The summed E-state index contributed by atoms with van der Waals surface area (Å²) in [6.45, 7) is 18.0. The fourth-order valence-corrected chi connectivity index (χ4v) is 5.70. The van der Waals surface area contributed by atoms with Crippen molar-refractivity contribution in [2.45, 2.75) is 130 Å². The summed E-state index contributed by atoms with van der Waals surface area (Å²) in [5.74, 6) is -7.13. The van der Waals surface area contributed by atoms with Crippen molar-refractivity contribution in [1.29, 1.82) is 0 Å². The smallest absolute Gasteiger partial charge is 0.352 e. The van der Waals surface area contributed by atoms with E-state index < -0.39 is 95.4 Å². The molecule has 17 heteroatoms. The number of carboxylic acid groups (broad SMARTS) is 1. The van der Waals surface area contributed by atoms with Crippen LogP contribution in [0.5, 0.6) is 0 Å². The molecule has 0 heterocycles. The standard InChI is InChI=1S/C42H63N7O10/c1-11-17-25(8)21-31(44-33(51)13-3)38(54)46-30(20-23(4)5)37(53)47-32(22-28-18-15-14-16-19-28)39(55)49-35(27(10)50)41(57)48-34(24(6)7)40(56)43-26(9)36(52)45-29(12-2)42(58)59/h11-12,14-19,23-24,26-27,30-32,34-35,50H,1,13,20-22H2,2-10H3,(H,43,56)(H,44,51)(H,45,52)(H,46,54)(H,47,53)(H,48,57)(H,49,55)(H,58,59)/b25-17+,29-12-/t26-,27+,30+,31+,32-,34-,35+/m0/s1. The Morgan fingerprint density at radius 2 is 1.25 bits per heavy atom. The minimum Gasteiger partial charge on any atom is -0.477 e. The van der Waals surface area contributed by atoms with E-state index in [1.54, 1.807) is 70.2 Å². The molecule has 0 aromatic heterocycles. The van der Waals surface area contributed by atoms with Gasteiger partial charge in [-0.15, -0.1) is 0 Å². The molecule has 0 saturated carbocycles. The molecule has 0 aliphatic heterocycles. The molecule has 9 N–H and O–H groups in total. The first-order valence-corrected chi connectivity index (χ1v) is 19.7. The molecule has 1 aromatic carbocycles. The summed E-state index contributed by atoms with van der Waals surface area (Å²) in [7, 11) is 0. The van der Waals surface area contributed by atoms with Crippen LogP contribution in [0.1, 0.15) is 87.1 Å². The molecule has 0 fully saturated rings. The highest BCUT2D eigenvalue weighted by atomic mass is 16.4. The van der Waals surface area contributed by atoms with Crippen molar-refractivity contribution in [3.8, 4) is 0 Å². The second-order valence-corrected chi connectivity index (χ2v) is 15.1. The quantitative estimate of drug-likeness (QED) is 0.0533. The zero-order chi connectivity index (χ0) is 45.0. The van der Waals surface area contributed by atoms with Gasteiger partial charge in [0.1, 0.15) is 41.9 Å². The lowest BCUT2D eigenvalue weighted by molar-refractivity contribution is -0.137. The van der Waals surface area contributed by atoms with E-state index in [9.17, 15) is 48.6 Å². The number of nitrogens with one attached hydrogen (secondary N) is 7. The predicted octanol–water partition coefficient (Wildman–Crippen LogP) is 1.28. The van der Waals surface area contributed by atoms with Crippen molar-refractivity contribution in [3.63, 3.8) is 0 Å². The van der Waals surface area contributed by atoms with Gasteiger partial charge in [-0.1, -0.05) is 95.3 Å². The molecular weight excluding hydrogens is 763 g/mol. The number of hydrogen-bond donors (Lipinski definition) is 9. The van der Waals surface area contributed by atoms with Crippen LogP contribution in [0.3, 0.4) is 0 Å². The normalized spacial score (nSPS) is 15.3. The predicted molar refractivity (Wildman–Crippen MR) is 222 cm³/mol. The van der Waals surface area contributed by atoms with Crippen LogP contribution in [0.15, 0.2) is 66.4 Å². The Balaban J connectivity index is 3.38. The monoisotopic (exact) mass is 825 g/mol. The van der Waals surface area contributed by atoms with Gasteiger partial charge in [0, 0.05) is 12.8 Å². The van der Waals surface area contributed by atoms with Gasteiger partial charge in [0.2, 0.25) is 41.4 Å². The number of aliphatic hydroxyl groups excluding tert-OH is 1. The van der Waals surface area contributed by atoms with Crippen molar-refractivity contribution < 1.29 is 48.6 Å². The van der Waals surface area contributed by atoms with Gasteiger partial charge in [-0.05, 0) is 57.9 Å². The maximum atomic E-state index is 14.0. The zero-order valence-electron chi connectivity index (χ0n) is 35.5. The Labute approximate surface area is 346 Å². The Morgan fingerprint density at radius 3 is 1.76 bits per heavy atom. The number of aliphatic hydroxyl groups is 1. The lowest BCUT2D eigenvalue weighted by Gasteiger charge is -2.29. The summed E-state index contributed by atoms with van der Waals surface area (Å²) in [5.41, 5.74) is 1.01. The number of hydrogen-bond acceptors (Lipinski definition) is 9. The first-order valence-electron chi connectivity index (χ1n) is 19.7. The third-order valence-corrected chi connectivity index (χ3v) is 9.00. The molecule has 0 aliphatic carbocycles. The van der Waals surface area contributed by atoms with Crippen molar-refractivity contribution in [3.05, 3.63) is 72.0 Å². The van der Waals surface area contributed by atoms with E-state index in [-0.39, 0.29) is 37.5 Å². The summed E-state index contributed by atoms with van der Waals surface area (Å²) in [4.78, 5) is 105. The molecule has 1 rings (SSSR count). The maximum absolute atomic E-state index is 14.0. The van der Waals surface area contributed by atoms with E-state index in [0.717, 1.165) is 5.57 Å². The third-order valence-electron chi connectivity index (χ3n) is 9.00. The van der Waals surface area contributed by atoms with Gasteiger partial charge in [-0.25, -0.2) is 4.79 Å². The average molecular weight is 826 g/mol. The summed E-state index contributed by atoms with van der Waals surface area (Å²) in [5, 5.41) is 37.7. The highest BCUT2D eigenvalue weighted by Gasteiger charge is 2.35. The molecule has 59 heavy (non-hydrogen) atoms. The molecule has 0 radical (unpaired) electrons. The van der Waals surface area contributed by atoms with E-state index in [1.807, 2.05) is 13.8 Å². The van der Waals surface area contributed by atoms with Crippen molar-refractivity contribution in [2.24, 2.45) is 11.8 Å². The minimum absolute atomic E-state index is 0.0522. The number of carbonyl (C=O) groups excluding carboxylic acids is 7. The van der Waals surface area contributed by atoms with Crippen LogP contribution < -0.4 is 37.2 Å². The lowest BCUT2D eigenvalue weighted by atomic mass is 9.99. The Kier molecular flexibility index (Phi) is 22.1. The first kappa shape index (κ1) is 51.2. The van der Waals surface area contributed by atoms with Crippen LogP contribution in [0.4, 0.5) is 0 Å². The summed E-state index contributed by atoms with van der Waals surface area (Å²) in [6, 6.07) is 1.13. The topological polar surface area (TPSA) is 261 Å². The maximum Gasteiger partial charge on any atom is 0.352 e. The summed E-state index contributed by atoms with van der Waals surface area (Å²) in [6.07, 6.45) is 3.33. The van der Waals surface area contributed by atoms with Gasteiger partial charge in [0.15, 0.2) is 0 Å². The molecular formula is C42H63N7O10. The molecule has 0 spiro atoms. The number of benzene rings is 1. The Hall–Kier alpha value is -5.84. The van der Waals surface area contributed by atoms with Crippen LogP contribution in [0, 0.1) is 11.8 Å². The van der Waals surface area contributed by atoms with Gasteiger partial charge in [0.05, 0.1) is 6.10 Å². The van der Waals surface area contributed by atoms with Gasteiger partial charge in [-0.2, -0.15) is 0 Å². The Morgan fingerprint density at radius 1 is 0.712 bits per heavy atom. The Bertz CT molecular complexity index is 1710. The van der Waals surface area contributed by atoms with E-state index in [4.69, 9.17) is 0 Å². The van der Waals surface area contributed by atoms with Gasteiger partial charge in [0.25, 0.3) is 0 Å². The molecule has 0 bridgehead atoms. The van der Waals surface area contributed by atoms with Crippen LogP contribution in [0.2, 0.25) is 0 Å². The van der Waals surface area contributed by atoms with Crippen LogP contribution in [-0.4, -0.2) is 99.9 Å². The molecule has 1 aromatic rings. The fraction of sp³-hybridized carbons (Fsp3) is 0.524. The van der Waals surface area contributed by atoms with E-state index in [2.05, 4.69) is 43.8 Å². The molecule has 7 amide bonds. The first-order chi connectivity index (χ1) is 27.6. The number of rotatable bonds is 24. The van der Waals surface area contributed by atoms with E-state index in [0.29, 0.717) is 5.56 Å². The second-order valence-electron chi connectivity index (χ2n) is 15.1. The van der Waals surface area contributed by atoms with E-state index >= 15 is 0 Å². The van der Waals surface area contributed by atoms with Crippen LogP contribution in [0.25, 0.3) is 0 Å². The lowest BCUT2D eigenvalue weighted by Crippen LogP contribution is -2.62. The van der Waals surface area contributed by atoms with Gasteiger partial charge < -0.3 is 47.4 Å². The SMILES string of the molecule is C=C/C=C(\C)C[C@@H](NC(=O)CC)C(=O)N[C@H](CC(C)C)C(=O)N[C@@H](Cc1ccccc1)C(=O)N[C@@H](C(=O)N[C@H](C(=O)N[C@@H](C)C(=O)N/C(=C\C)C(=O)O)C(C)C)[C@@H](C)O. The van der Waals surface area contributed by atoms with Crippen LogP contribution in [-0.2, 0) is 44.8 Å². The molecule has 17 nitrogen and oxygen atoms in total. The zero-order valence-corrected chi connectivity index (χ0v) is 35.5. The number of amides is 7.